The standard InChI is InChI=1S/C22H19FN2O3/c1-14-13-16(23)9-12-19(14)24-22(27)18-5-3-4-6-20(18)25-21(26)15-7-10-17(28-2)11-8-15/h3-13H,1-2H3,(H,24,27)(H,25,26). The quantitative estimate of drug-likeness (QED) is 0.679. The van der Waals surface area contributed by atoms with Gasteiger partial charge in [-0.15, -0.1) is 0 Å². The van der Waals surface area contributed by atoms with Crippen molar-refractivity contribution < 1.29 is 18.7 Å². The van der Waals surface area contributed by atoms with Crippen molar-refractivity contribution in [3.05, 3.63) is 89.2 Å². The van der Waals surface area contributed by atoms with Crippen molar-refractivity contribution >= 4 is 23.2 Å². The third-order valence-electron chi connectivity index (χ3n) is 4.21. The normalized spacial score (nSPS) is 10.2. The first kappa shape index (κ1) is 19.1. The molecule has 3 rings (SSSR count). The molecular weight excluding hydrogens is 359 g/mol. The van der Waals surface area contributed by atoms with Gasteiger partial charge in [0.2, 0.25) is 0 Å². The number of carbonyl (C=O) groups is 2. The van der Waals surface area contributed by atoms with E-state index in [1.807, 2.05) is 0 Å². The lowest BCUT2D eigenvalue weighted by atomic mass is 10.1. The number of nitrogens with one attached hydrogen (secondary N) is 2. The Morgan fingerprint density at radius 3 is 2.21 bits per heavy atom. The van der Waals surface area contributed by atoms with E-state index >= 15 is 0 Å². The molecule has 6 heteroatoms. The summed E-state index contributed by atoms with van der Waals surface area (Å²) in [5, 5.41) is 5.50. The van der Waals surface area contributed by atoms with E-state index in [-0.39, 0.29) is 11.7 Å². The Labute approximate surface area is 162 Å². The van der Waals surface area contributed by atoms with Crippen LogP contribution in [0.15, 0.2) is 66.7 Å². The van der Waals surface area contributed by atoms with Crippen LogP contribution in [0.1, 0.15) is 26.3 Å². The van der Waals surface area contributed by atoms with Gasteiger partial charge in [0.15, 0.2) is 0 Å². The van der Waals surface area contributed by atoms with Crippen molar-refractivity contribution in [2.45, 2.75) is 6.92 Å². The number of hydrogen-bond acceptors (Lipinski definition) is 3. The highest BCUT2D eigenvalue weighted by Crippen LogP contribution is 2.21. The van der Waals surface area contributed by atoms with Crippen LogP contribution >= 0.6 is 0 Å². The zero-order valence-electron chi connectivity index (χ0n) is 15.5. The summed E-state index contributed by atoms with van der Waals surface area (Å²) in [6.07, 6.45) is 0. The van der Waals surface area contributed by atoms with Gasteiger partial charge in [-0.25, -0.2) is 4.39 Å². The minimum absolute atomic E-state index is 0.299. The Balaban J connectivity index is 1.80. The maximum Gasteiger partial charge on any atom is 0.257 e. The van der Waals surface area contributed by atoms with Gasteiger partial charge >= 0.3 is 0 Å². The maximum atomic E-state index is 13.3. The van der Waals surface area contributed by atoms with Crippen LogP contribution in [0, 0.1) is 12.7 Å². The van der Waals surface area contributed by atoms with Gasteiger partial charge in [-0.2, -0.15) is 0 Å². The van der Waals surface area contributed by atoms with Gasteiger partial charge < -0.3 is 15.4 Å². The van der Waals surface area contributed by atoms with Crippen molar-refractivity contribution in [1.29, 1.82) is 0 Å². The van der Waals surface area contributed by atoms with E-state index in [0.717, 1.165) is 0 Å². The molecule has 0 spiro atoms. The van der Waals surface area contributed by atoms with Crippen LogP contribution in [0.5, 0.6) is 5.75 Å². The second kappa shape index (κ2) is 8.35. The van der Waals surface area contributed by atoms with Crippen LogP contribution in [-0.2, 0) is 0 Å². The summed E-state index contributed by atoms with van der Waals surface area (Å²) in [7, 11) is 1.55. The lowest BCUT2D eigenvalue weighted by Gasteiger charge is -2.13. The van der Waals surface area contributed by atoms with E-state index in [1.54, 1.807) is 62.6 Å². The monoisotopic (exact) mass is 378 g/mol. The summed E-state index contributed by atoms with van der Waals surface area (Å²) in [6.45, 7) is 1.70. The molecule has 142 valence electrons. The van der Waals surface area contributed by atoms with E-state index in [4.69, 9.17) is 4.74 Å². The van der Waals surface area contributed by atoms with E-state index in [1.165, 1.54) is 18.2 Å². The number of carbonyl (C=O) groups excluding carboxylic acids is 2. The minimum Gasteiger partial charge on any atom is -0.497 e. The molecule has 0 aromatic heterocycles. The number of anilines is 2. The number of hydrogen-bond donors (Lipinski definition) is 2. The molecule has 0 bridgehead atoms. The van der Waals surface area contributed by atoms with E-state index in [9.17, 15) is 14.0 Å². The predicted molar refractivity (Wildman–Crippen MR) is 106 cm³/mol. The number of methoxy groups -OCH3 is 1. The highest BCUT2D eigenvalue weighted by atomic mass is 19.1. The van der Waals surface area contributed by atoms with Gasteiger partial charge in [-0.3, -0.25) is 9.59 Å². The number of benzene rings is 3. The van der Waals surface area contributed by atoms with Crippen LogP contribution in [0.3, 0.4) is 0 Å². The topological polar surface area (TPSA) is 67.4 Å². The molecule has 0 aliphatic heterocycles. The van der Waals surface area contributed by atoms with Crippen molar-refractivity contribution in [2.24, 2.45) is 0 Å². The Hall–Kier alpha value is -3.67. The molecule has 0 aliphatic rings. The zero-order valence-corrected chi connectivity index (χ0v) is 15.5. The molecule has 3 aromatic carbocycles. The highest BCUT2D eigenvalue weighted by Gasteiger charge is 2.15. The van der Waals surface area contributed by atoms with Crippen LogP contribution < -0.4 is 15.4 Å². The van der Waals surface area contributed by atoms with Crippen LogP contribution in [-0.4, -0.2) is 18.9 Å². The van der Waals surface area contributed by atoms with Crippen LogP contribution in [0.2, 0.25) is 0 Å². The predicted octanol–water partition coefficient (Wildman–Crippen LogP) is 4.65. The molecule has 0 unspecified atom stereocenters. The third kappa shape index (κ3) is 4.35. The molecule has 3 aromatic rings. The van der Waals surface area contributed by atoms with Gasteiger partial charge in [0.25, 0.3) is 11.8 Å². The lowest BCUT2D eigenvalue weighted by molar-refractivity contribution is 0.102. The summed E-state index contributed by atoms with van der Waals surface area (Å²) < 4.78 is 18.3. The molecule has 0 saturated heterocycles. The second-order valence-corrected chi connectivity index (χ2v) is 6.14. The maximum absolute atomic E-state index is 13.3. The summed E-state index contributed by atoms with van der Waals surface area (Å²) in [5.74, 6) is -0.477. The first-order valence-electron chi connectivity index (χ1n) is 8.60. The van der Waals surface area contributed by atoms with Crippen LogP contribution in [0.25, 0.3) is 0 Å². The molecule has 0 heterocycles. The first-order valence-corrected chi connectivity index (χ1v) is 8.60. The lowest BCUT2D eigenvalue weighted by Crippen LogP contribution is -2.18. The third-order valence-corrected chi connectivity index (χ3v) is 4.21. The average molecular weight is 378 g/mol. The smallest absolute Gasteiger partial charge is 0.257 e. The number of rotatable bonds is 5. The molecule has 28 heavy (non-hydrogen) atoms. The summed E-state index contributed by atoms with van der Waals surface area (Å²) in [4.78, 5) is 25.2. The molecule has 0 fully saturated rings. The Kier molecular flexibility index (Phi) is 5.69. The average Bonchev–Trinajstić information content (AvgIpc) is 2.70. The molecular formula is C22H19FN2O3. The summed E-state index contributed by atoms with van der Waals surface area (Å²) >= 11 is 0. The molecule has 0 atom stereocenters. The largest absolute Gasteiger partial charge is 0.497 e. The van der Waals surface area contributed by atoms with E-state index < -0.39 is 5.91 Å². The van der Waals surface area contributed by atoms with Crippen LogP contribution in [0.4, 0.5) is 15.8 Å². The van der Waals surface area contributed by atoms with E-state index in [0.29, 0.717) is 33.8 Å². The fraction of sp³-hybridized carbons (Fsp3) is 0.0909. The number of para-hydroxylation sites is 1. The number of halogens is 1. The molecule has 0 radical (unpaired) electrons. The summed E-state index contributed by atoms with van der Waals surface area (Å²) in [5.41, 5.74) is 2.22. The van der Waals surface area contributed by atoms with Crippen molar-refractivity contribution in [3.8, 4) is 5.75 Å². The van der Waals surface area contributed by atoms with Gasteiger partial charge in [-0.1, -0.05) is 12.1 Å². The van der Waals surface area contributed by atoms with E-state index in [2.05, 4.69) is 10.6 Å². The fourth-order valence-electron chi connectivity index (χ4n) is 2.68. The first-order chi connectivity index (χ1) is 13.5. The second-order valence-electron chi connectivity index (χ2n) is 6.14. The Morgan fingerprint density at radius 1 is 0.857 bits per heavy atom. The Bertz CT molecular complexity index is 1020. The zero-order chi connectivity index (χ0) is 20.1. The van der Waals surface area contributed by atoms with Crippen molar-refractivity contribution in [1.82, 2.24) is 0 Å². The molecule has 0 aliphatic carbocycles. The van der Waals surface area contributed by atoms with Gasteiger partial charge in [0.05, 0.1) is 18.4 Å². The summed E-state index contributed by atoms with van der Waals surface area (Å²) in [6, 6.07) is 17.5. The van der Waals surface area contributed by atoms with Gasteiger partial charge in [0, 0.05) is 11.3 Å². The Morgan fingerprint density at radius 2 is 1.54 bits per heavy atom. The highest BCUT2D eigenvalue weighted by molar-refractivity contribution is 6.12. The molecule has 2 N–H and O–H groups in total. The molecule has 0 saturated carbocycles. The fourth-order valence-corrected chi connectivity index (χ4v) is 2.68. The molecule has 2 amide bonds. The van der Waals surface area contributed by atoms with Crippen molar-refractivity contribution in [2.75, 3.05) is 17.7 Å². The minimum atomic E-state index is -0.402. The number of ether oxygens (including phenoxy) is 1. The van der Waals surface area contributed by atoms with Gasteiger partial charge in [0.1, 0.15) is 11.6 Å². The SMILES string of the molecule is COc1ccc(C(=O)Nc2ccccc2C(=O)Nc2ccc(F)cc2C)cc1. The number of aryl methyl sites for hydroxylation is 1. The molecule has 5 nitrogen and oxygen atoms in total. The van der Waals surface area contributed by atoms with Gasteiger partial charge in [-0.05, 0) is 67.1 Å². The number of amides is 2. The van der Waals surface area contributed by atoms with Crippen molar-refractivity contribution in [3.63, 3.8) is 0 Å².